The molecule has 1 amide bonds. The largest absolute Gasteiger partial charge is 0.497 e. The Morgan fingerprint density at radius 2 is 1.70 bits per heavy atom. The van der Waals surface area contributed by atoms with Crippen LogP contribution in [0.15, 0.2) is 87.8 Å². The summed E-state index contributed by atoms with van der Waals surface area (Å²) in [5.74, 6) is -0.628. The van der Waals surface area contributed by atoms with Gasteiger partial charge in [0.25, 0.3) is 5.91 Å². The fourth-order valence-corrected chi connectivity index (χ4v) is 3.32. The van der Waals surface area contributed by atoms with Gasteiger partial charge in [0.05, 0.1) is 14.2 Å². The van der Waals surface area contributed by atoms with E-state index in [2.05, 4.69) is 10.6 Å². The highest BCUT2D eigenvalue weighted by Crippen LogP contribution is 2.29. The van der Waals surface area contributed by atoms with Crippen LogP contribution in [0.4, 0.5) is 5.69 Å². The van der Waals surface area contributed by atoms with E-state index in [-0.39, 0.29) is 11.4 Å². The molecule has 0 bridgehead atoms. The van der Waals surface area contributed by atoms with Crippen molar-refractivity contribution < 1.29 is 23.5 Å². The average molecular weight is 444 g/mol. The molecule has 0 aliphatic heterocycles. The number of amides is 1. The van der Waals surface area contributed by atoms with E-state index in [1.54, 1.807) is 49.6 Å². The fourth-order valence-electron chi connectivity index (χ4n) is 3.32. The van der Waals surface area contributed by atoms with Crippen molar-refractivity contribution in [2.75, 3.05) is 19.5 Å². The number of hydrogen-bond donors (Lipinski definition) is 2. The van der Waals surface area contributed by atoms with E-state index in [9.17, 15) is 14.4 Å². The number of fused-ring (bicyclic) bond motifs is 3. The highest BCUT2D eigenvalue weighted by atomic mass is 16.5. The Kier molecular flexibility index (Phi) is 6.08. The van der Waals surface area contributed by atoms with Crippen LogP contribution in [-0.2, 0) is 9.53 Å². The van der Waals surface area contributed by atoms with Crippen molar-refractivity contribution >= 4 is 39.3 Å². The minimum absolute atomic E-state index is 0.0770. The molecule has 166 valence electrons. The number of rotatable bonds is 6. The van der Waals surface area contributed by atoms with Crippen molar-refractivity contribution in [1.29, 1.82) is 0 Å². The van der Waals surface area contributed by atoms with Crippen LogP contribution in [0.1, 0.15) is 10.4 Å². The summed E-state index contributed by atoms with van der Waals surface area (Å²) in [6, 6.07) is 19.2. The standard InChI is InChI=1S/C25H20N2O6/c1-31-17-10-8-15-9-11-22-19(18(15)12-17)13-20(25(30)33-22)26-14-21(24(29)32-2)27-23(28)16-6-4-3-5-7-16/h3-14,26H,1-2H3,(H,27,28)/b21-14-. The molecule has 0 saturated carbocycles. The molecule has 0 unspecified atom stereocenters. The second kappa shape index (κ2) is 9.27. The first-order valence-electron chi connectivity index (χ1n) is 9.96. The summed E-state index contributed by atoms with van der Waals surface area (Å²) >= 11 is 0. The van der Waals surface area contributed by atoms with E-state index in [1.807, 2.05) is 24.3 Å². The summed E-state index contributed by atoms with van der Waals surface area (Å²) in [6.45, 7) is 0. The SMILES string of the molecule is COC(=O)/C(=C/Nc1cc2c(ccc3ccc(OC)cc32)oc1=O)NC(=O)c1ccccc1. The molecule has 1 aromatic heterocycles. The van der Waals surface area contributed by atoms with Gasteiger partial charge in [0.15, 0.2) is 0 Å². The van der Waals surface area contributed by atoms with Gasteiger partial charge in [-0.1, -0.05) is 30.3 Å². The fraction of sp³-hybridized carbons (Fsp3) is 0.0800. The number of hydrogen-bond acceptors (Lipinski definition) is 7. The van der Waals surface area contributed by atoms with Crippen LogP contribution < -0.4 is 21.0 Å². The molecule has 8 nitrogen and oxygen atoms in total. The number of benzene rings is 3. The molecule has 0 fully saturated rings. The molecule has 0 radical (unpaired) electrons. The summed E-state index contributed by atoms with van der Waals surface area (Å²) in [5.41, 5.74) is 0.0250. The van der Waals surface area contributed by atoms with Crippen LogP contribution in [0.5, 0.6) is 5.75 Å². The zero-order valence-corrected chi connectivity index (χ0v) is 17.9. The van der Waals surface area contributed by atoms with Crippen LogP contribution in [0.2, 0.25) is 0 Å². The third kappa shape index (κ3) is 4.54. The summed E-state index contributed by atoms with van der Waals surface area (Å²) in [5, 5.41) is 7.68. The molecule has 0 spiro atoms. The molecular weight excluding hydrogens is 424 g/mol. The van der Waals surface area contributed by atoms with Crippen molar-refractivity contribution in [2.24, 2.45) is 0 Å². The molecule has 0 atom stereocenters. The summed E-state index contributed by atoms with van der Waals surface area (Å²) in [4.78, 5) is 37.1. The van der Waals surface area contributed by atoms with Crippen LogP contribution in [0.25, 0.3) is 21.7 Å². The topological polar surface area (TPSA) is 107 Å². The molecule has 3 aromatic carbocycles. The van der Waals surface area contributed by atoms with Gasteiger partial charge < -0.3 is 24.5 Å². The molecule has 0 aliphatic rings. The lowest BCUT2D eigenvalue weighted by molar-refractivity contribution is -0.136. The Morgan fingerprint density at radius 3 is 2.42 bits per heavy atom. The molecular formula is C25H20N2O6. The lowest BCUT2D eigenvalue weighted by atomic mass is 10.1. The minimum atomic E-state index is -0.785. The van der Waals surface area contributed by atoms with E-state index < -0.39 is 17.5 Å². The van der Waals surface area contributed by atoms with Gasteiger partial charge in [-0.25, -0.2) is 9.59 Å². The highest BCUT2D eigenvalue weighted by Gasteiger charge is 2.15. The normalized spacial score (nSPS) is 11.3. The van der Waals surface area contributed by atoms with E-state index >= 15 is 0 Å². The van der Waals surface area contributed by atoms with Gasteiger partial charge >= 0.3 is 11.6 Å². The van der Waals surface area contributed by atoms with Crippen LogP contribution in [0.3, 0.4) is 0 Å². The number of nitrogens with one attached hydrogen (secondary N) is 2. The quantitative estimate of drug-likeness (QED) is 0.202. The van der Waals surface area contributed by atoms with Gasteiger partial charge in [0, 0.05) is 17.1 Å². The smallest absolute Gasteiger partial charge is 0.360 e. The predicted molar refractivity (Wildman–Crippen MR) is 124 cm³/mol. The number of methoxy groups -OCH3 is 2. The Bertz CT molecular complexity index is 1440. The average Bonchev–Trinajstić information content (AvgIpc) is 2.86. The number of anilines is 1. The van der Waals surface area contributed by atoms with Gasteiger partial charge in [-0.15, -0.1) is 0 Å². The predicted octanol–water partition coefficient (Wildman–Crippen LogP) is 3.81. The van der Waals surface area contributed by atoms with Gasteiger partial charge in [0.2, 0.25) is 0 Å². The van der Waals surface area contributed by atoms with Crippen LogP contribution in [0, 0.1) is 0 Å². The Labute approximate surface area is 188 Å². The van der Waals surface area contributed by atoms with E-state index in [4.69, 9.17) is 13.9 Å². The van der Waals surface area contributed by atoms with Crippen LogP contribution in [-0.4, -0.2) is 26.1 Å². The van der Waals surface area contributed by atoms with E-state index in [0.717, 1.165) is 10.8 Å². The second-order valence-corrected chi connectivity index (χ2v) is 7.03. The maximum absolute atomic E-state index is 12.5. The third-order valence-corrected chi connectivity index (χ3v) is 5.00. The van der Waals surface area contributed by atoms with E-state index in [0.29, 0.717) is 22.3 Å². The highest BCUT2D eigenvalue weighted by molar-refractivity contribution is 6.07. The van der Waals surface area contributed by atoms with Crippen molar-refractivity contribution in [1.82, 2.24) is 5.32 Å². The molecule has 0 aliphatic carbocycles. The Balaban J connectivity index is 1.71. The van der Waals surface area contributed by atoms with Gasteiger partial charge in [-0.2, -0.15) is 0 Å². The van der Waals surface area contributed by atoms with Gasteiger partial charge in [0.1, 0.15) is 22.7 Å². The summed E-state index contributed by atoms with van der Waals surface area (Å²) in [6.07, 6.45) is 1.19. The number of esters is 1. The maximum atomic E-state index is 12.5. The monoisotopic (exact) mass is 444 g/mol. The second-order valence-electron chi connectivity index (χ2n) is 7.03. The van der Waals surface area contributed by atoms with Crippen molar-refractivity contribution in [3.8, 4) is 5.75 Å². The molecule has 1 heterocycles. The Morgan fingerprint density at radius 1 is 0.939 bits per heavy atom. The molecule has 8 heteroatoms. The minimum Gasteiger partial charge on any atom is -0.497 e. The first-order valence-corrected chi connectivity index (χ1v) is 9.96. The molecule has 33 heavy (non-hydrogen) atoms. The van der Waals surface area contributed by atoms with Crippen LogP contribution >= 0.6 is 0 Å². The summed E-state index contributed by atoms with van der Waals surface area (Å²) in [7, 11) is 2.76. The molecule has 4 rings (SSSR count). The van der Waals surface area contributed by atoms with Gasteiger partial charge in [-0.05, 0) is 47.2 Å². The molecule has 0 saturated heterocycles. The molecule has 4 aromatic rings. The number of carbonyl (C=O) groups is 2. The number of ether oxygens (including phenoxy) is 2. The van der Waals surface area contributed by atoms with Crippen molar-refractivity contribution in [3.63, 3.8) is 0 Å². The summed E-state index contributed by atoms with van der Waals surface area (Å²) < 4.78 is 15.5. The van der Waals surface area contributed by atoms with Crippen molar-refractivity contribution in [3.05, 3.63) is 94.6 Å². The van der Waals surface area contributed by atoms with Gasteiger partial charge in [-0.3, -0.25) is 4.79 Å². The number of carbonyl (C=O) groups excluding carboxylic acids is 2. The van der Waals surface area contributed by atoms with Crippen molar-refractivity contribution in [2.45, 2.75) is 0 Å². The lowest BCUT2D eigenvalue weighted by Gasteiger charge is -2.10. The lowest BCUT2D eigenvalue weighted by Crippen LogP contribution is -2.29. The maximum Gasteiger partial charge on any atom is 0.360 e. The third-order valence-electron chi connectivity index (χ3n) is 5.00. The first-order chi connectivity index (χ1) is 16.0. The first kappa shape index (κ1) is 21.6. The Hall–Kier alpha value is -4.59. The molecule has 2 N–H and O–H groups in total. The zero-order chi connectivity index (χ0) is 23.4. The zero-order valence-electron chi connectivity index (χ0n) is 17.9. The van der Waals surface area contributed by atoms with E-state index in [1.165, 1.54) is 13.3 Å².